The van der Waals surface area contributed by atoms with E-state index in [0.29, 0.717) is 29.3 Å². The van der Waals surface area contributed by atoms with Gasteiger partial charge in [0.1, 0.15) is 17.5 Å². The monoisotopic (exact) mass is 1260 g/mol. The van der Waals surface area contributed by atoms with Gasteiger partial charge in [-0.05, 0) is 104 Å². The molecule has 5 N–H and O–H groups in total. The van der Waals surface area contributed by atoms with Gasteiger partial charge in [-0.25, -0.2) is 29.9 Å². The molecule has 0 aliphatic heterocycles. The van der Waals surface area contributed by atoms with Crippen molar-refractivity contribution >= 4 is 17.5 Å². The molecule has 4 atom stereocenters. The Morgan fingerprint density at radius 3 is 0.883 bits per heavy atom. The second-order valence-corrected chi connectivity index (χ2v) is 25.1. The molecule has 0 radical (unpaired) electrons. The second kappa shape index (κ2) is 28.1. The van der Waals surface area contributed by atoms with Crippen molar-refractivity contribution in [3.63, 3.8) is 0 Å². The maximum absolute atomic E-state index is 9.88. The summed E-state index contributed by atoms with van der Waals surface area (Å²) in [4.78, 5) is 28.8. The number of hydrogen-bond donors (Lipinski definition) is 5. The molecule has 0 spiro atoms. The number of aliphatic hydroxyl groups is 2. The molecule has 0 amide bonds. The summed E-state index contributed by atoms with van der Waals surface area (Å²) in [6.07, 6.45) is 37.7. The molecule has 3 fully saturated rings. The molecule has 0 unspecified atom stereocenters. The lowest BCUT2D eigenvalue weighted by molar-refractivity contribution is 0.178. The van der Waals surface area contributed by atoms with E-state index in [1.807, 2.05) is 170 Å². The summed E-state index contributed by atoms with van der Waals surface area (Å²) in [5.74, 6) is 6.11. The molecule has 12 aromatic rings. The third kappa shape index (κ3) is 15.0. The second-order valence-electron chi connectivity index (χ2n) is 25.1. The number of aryl methyl sites for hydroxylation is 6. The van der Waals surface area contributed by atoms with E-state index >= 15 is 0 Å². The maximum Gasteiger partial charge on any atom is 0.161 e. The van der Waals surface area contributed by atoms with E-state index in [1.165, 1.54) is 19.3 Å². The highest BCUT2D eigenvalue weighted by atomic mass is 16.3. The largest absolute Gasteiger partial charge is 0.393 e. The van der Waals surface area contributed by atoms with E-state index in [2.05, 4.69) is 104 Å². The normalized spacial score (nSPS) is 16.9. The molecule has 3 aliphatic rings. The lowest BCUT2D eigenvalue weighted by Crippen LogP contribution is -2.21. The number of benzene rings is 3. The topological polar surface area (TPSA) is 261 Å². The first-order valence-corrected chi connectivity index (χ1v) is 32.2. The molecular formula is C71H79N21O2. The predicted molar refractivity (Wildman–Crippen MR) is 365 cm³/mol. The Morgan fingerprint density at radius 1 is 0.340 bits per heavy atom. The minimum atomic E-state index is -0.184. The number of hydrogen-bond acceptors (Lipinski definition) is 17. The van der Waals surface area contributed by atoms with Gasteiger partial charge in [0.2, 0.25) is 0 Å². The van der Waals surface area contributed by atoms with Crippen LogP contribution in [-0.4, -0.2) is 131 Å². The molecule has 480 valence electrons. The van der Waals surface area contributed by atoms with Crippen molar-refractivity contribution in [3.8, 4) is 101 Å². The van der Waals surface area contributed by atoms with E-state index in [1.54, 1.807) is 23.4 Å². The van der Waals surface area contributed by atoms with Crippen LogP contribution in [0, 0.1) is 17.8 Å². The summed E-state index contributed by atoms with van der Waals surface area (Å²) in [5.41, 5.74) is 15.1. The van der Waals surface area contributed by atoms with E-state index in [4.69, 9.17) is 15.0 Å². The van der Waals surface area contributed by atoms with Crippen LogP contribution in [0.25, 0.3) is 101 Å². The minimum Gasteiger partial charge on any atom is -0.393 e. The van der Waals surface area contributed by atoms with E-state index in [-0.39, 0.29) is 12.2 Å². The first kappa shape index (κ1) is 62.3. The number of aliphatic hydroxyl groups excluding tert-OH is 2. The zero-order chi connectivity index (χ0) is 64.7. The van der Waals surface area contributed by atoms with Crippen LogP contribution >= 0.6 is 0 Å². The fraction of sp³-hybridized carbons (Fsp3) is 0.324. The Kier molecular flexibility index (Phi) is 18.7. The molecule has 0 bridgehead atoms. The Labute approximate surface area is 546 Å². The Hall–Kier alpha value is -10.5. The van der Waals surface area contributed by atoms with Gasteiger partial charge in [-0.15, -0.1) is 0 Å². The van der Waals surface area contributed by atoms with Gasteiger partial charge < -0.3 is 26.2 Å². The summed E-state index contributed by atoms with van der Waals surface area (Å²) in [7, 11) is 11.5. The predicted octanol–water partition coefficient (Wildman–Crippen LogP) is 11.2. The van der Waals surface area contributed by atoms with Gasteiger partial charge in [-0.2, -0.15) is 30.6 Å². The molecule has 15 rings (SSSR count). The lowest BCUT2D eigenvalue weighted by Gasteiger charge is -2.26. The molecule has 9 heterocycles. The summed E-state index contributed by atoms with van der Waals surface area (Å²) in [6.45, 7) is 2.49. The van der Waals surface area contributed by atoms with Crippen LogP contribution in [0.4, 0.5) is 17.5 Å². The molecule has 3 saturated carbocycles. The van der Waals surface area contributed by atoms with Gasteiger partial charge in [-0.3, -0.25) is 28.1 Å². The van der Waals surface area contributed by atoms with Crippen molar-refractivity contribution in [2.75, 3.05) is 35.6 Å². The van der Waals surface area contributed by atoms with E-state index in [0.717, 1.165) is 165 Å². The molecule has 23 nitrogen and oxygen atoms in total. The third-order valence-electron chi connectivity index (χ3n) is 17.8. The average molecular weight is 1260 g/mol. The summed E-state index contributed by atoms with van der Waals surface area (Å²) >= 11 is 0. The van der Waals surface area contributed by atoms with Crippen molar-refractivity contribution in [3.05, 3.63) is 166 Å². The van der Waals surface area contributed by atoms with Crippen LogP contribution in [0.1, 0.15) is 57.8 Å². The number of anilines is 3. The summed E-state index contributed by atoms with van der Waals surface area (Å²) in [6, 6.07) is 24.7. The molecule has 3 aromatic carbocycles. The van der Waals surface area contributed by atoms with Crippen molar-refractivity contribution in [1.29, 1.82) is 0 Å². The van der Waals surface area contributed by atoms with Crippen molar-refractivity contribution in [2.24, 2.45) is 60.0 Å². The molecule has 0 saturated heterocycles. The average Bonchev–Trinajstić information content (AvgIpc) is 1.40. The van der Waals surface area contributed by atoms with Crippen LogP contribution in [0.15, 0.2) is 166 Å². The van der Waals surface area contributed by atoms with Crippen LogP contribution in [0.3, 0.4) is 0 Å². The van der Waals surface area contributed by atoms with Gasteiger partial charge in [0.15, 0.2) is 17.5 Å². The minimum absolute atomic E-state index is 0.184. The van der Waals surface area contributed by atoms with Gasteiger partial charge in [-0.1, -0.05) is 61.0 Å². The number of aromatic nitrogens is 18. The Morgan fingerprint density at radius 2 is 0.628 bits per heavy atom. The fourth-order valence-corrected chi connectivity index (χ4v) is 12.4. The van der Waals surface area contributed by atoms with E-state index < -0.39 is 0 Å². The van der Waals surface area contributed by atoms with Gasteiger partial charge in [0.25, 0.3) is 0 Å². The zero-order valence-corrected chi connectivity index (χ0v) is 53.9. The Bertz CT molecular complexity index is 4340. The van der Waals surface area contributed by atoms with Crippen molar-refractivity contribution in [1.82, 2.24) is 88.6 Å². The lowest BCUT2D eigenvalue weighted by atomic mass is 9.85. The number of nitrogens with one attached hydrogen (secondary N) is 3. The summed E-state index contributed by atoms with van der Waals surface area (Å²) in [5, 5.41) is 56.1. The first-order valence-electron chi connectivity index (χ1n) is 32.2. The highest BCUT2D eigenvalue weighted by Gasteiger charge is 2.26. The highest BCUT2D eigenvalue weighted by molar-refractivity contribution is 5.80. The molecule has 9 aromatic heterocycles. The van der Waals surface area contributed by atoms with Crippen LogP contribution < -0.4 is 16.0 Å². The quantitative estimate of drug-likeness (QED) is 0.0535. The summed E-state index contributed by atoms with van der Waals surface area (Å²) < 4.78 is 10.8. The third-order valence-corrected chi connectivity index (χ3v) is 17.8. The zero-order valence-electron chi connectivity index (χ0n) is 53.9. The van der Waals surface area contributed by atoms with Gasteiger partial charge in [0, 0.05) is 184 Å². The Balaban J connectivity index is 0.000000128. The number of nitrogens with zero attached hydrogens (tertiary/aromatic N) is 18. The highest BCUT2D eigenvalue weighted by Crippen LogP contribution is 2.36. The SMILES string of the molecule is Cn1cc(-c2cccc(-c3ncc(-c4cnn(C)c4)c(NCC4CCC4)n3)c2)cn1.Cn1cc(-c2cccc(-c3ncc(-c4cnn(C)c4)c(NC[C@H]4CC[C@@H](O)C4)n3)c2)cn1.Cn1cc(-c2cccc(-c3ncc(-c4cnn(C)c4)c(NC[C@H]4CC[C@H](O)C4)n3)c2)cn1. The molecule has 94 heavy (non-hydrogen) atoms. The van der Waals surface area contributed by atoms with Gasteiger partial charge in [0.05, 0.1) is 49.4 Å². The maximum atomic E-state index is 9.88. The van der Waals surface area contributed by atoms with Gasteiger partial charge >= 0.3 is 0 Å². The van der Waals surface area contributed by atoms with Crippen molar-refractivity contribution in [2.45, 2.75) is 70.0 Å². The molecular weight excluding hydrogens is 1180 g/mol. The fourth-order valence-electron chi connectivity index (χ4n) is 12.4. The van der Waals surface area contributed by atoms with E-state index in [9.17, 15) is 10.2 Å². The molecule has 23 heteroatoms. The standard InChI is InChI=1S/2C24H27N7O.C23H25N7/c2*1-30-14-19(11-27-30)17-4-3-5-18(9-17)23-26-13-22(20-12-28-31(2)15-20)24(29-23)25-10-16-6-7-21(32)8-16;1-29-14-19(11-26-29)17-7-4-8-18(9-17)22-25-13-21(20-12-27-30(2)15-20)23(28-22)24-10-16-5-3-6-16/h2*3-5,9,11-16,21,32H,6-8,10H2,1-2H3,(H,25,26,29);4,7-9,11-16H,3,5-6,10H2,1-2H3,(H,24,25,28)/t16-,21+;16-,21-;/m00./s1. The number of rotatable bonds is 18. The van der Waals surface area contributed by atoms with Crippen LogP contribution in [0.2, 0.25) is 0 Å². The van der Waals surface area contributed by atoms with Crippen LogP contribution in [-0.2, 0) is 42.3 Å². The molecule has 3 aliphatic carbocycles. The first-order chi connectivity index (χ1) is 45.7. The van der Waals surface area contributed by atoms with Crippen molar-refractivity contribution < 1.29 is 10.2 Å². The smallest absolute Gasteiger partial charge is 0.161 e. The van der Waals surface area contributed by atoms with Crippen LogP contribution in [0.5, 0.6) is 0 Å².